The van der Waals surface area contributed by atoms with E-state index in [-0.39, 0.29) is 6.10 Å². The zero-order valence-electron chi connectivity index (χ0n) is 9.33. The zero-order valence-corrected chi connectivity index (χ0v) is 9.33. The Labute approximate surface area is 91.5 Å². The Balaban J connectivity index is 0.000000385. The summed E-state index contributed by atoms with van der Waals surface area (Å²) >= 11 is 0. The molecule has 0 spiro atoms. The molecule has 1 rings (SSSR count). The summed E-state index contributed by atoms with van der Waals surface area (Å²) in [5.41, 5.74) is 0. The predicted octanol–water partition coefficient (Wildman–Crippen LogP) is 2.82. The molecule has 16 heavy (non-hydrogen) atoms. The van der Waals surface area contributed by atoms with Crippen molar-refractivity contribution in [3.05, 3.63) is 18.2 Å². The molecule has 0 radical (unpaired) electrons. The summed E-state index contributed by atoms with van der Waals surface area (Å²) in [6, 6.07) is 0. The normalized spacial score (nSPS) is 12.9. The molecule has 1 aromatic heterocycles. The molecule has 1 aromatic rings. The van der Waals surface area contributed by atoms with Crippen molar-refractivity contribution in [3.8, 4) is 0 Å². The van der Waals surface area contributed by atoms with Gasteiger partial charge in [0.25, 0.3) is 0 Å². The van der Waals surface area contributed by atoms with Gasteiger partial charge in [-0.15, -0.1) is 0 Å². The van der Waals surface area contributed by atoms with Gasteiger partial charge in [-0.05, 0) is 13.8 Å². The van der Waals surface area contributed by atoms with E-state index in [0.717, 1.165) is 12.4 Å². The van der Waals surface area contributed by atoms with Gasteiger partial charge in [0.2, 0.25) is 0 Å². The lowest BCUT2D eigenvalue weighted by Crippen LogP contribution is -2.06. The molecule has 1 unspecified atom stereocenters. The monoisotopic (exact) mass is 241 g/mol. The third-order valence-corrected chi connectivity index (χ3v) is 1.64. The van der Waals surface area contributed by atoms with E-state index in [4.69, 9.17) is 4.74 Å². The van der Waals surface area contributed by atoms with Gasteiger partial charge in [-0.2, -0.15) is 0 Å². The zero-order chi connectivity index (χ0) is 12.8. The number of imidazole rings is 1. The molecular weight excluding hydrogens is 227 g/mol. The first-order valence-electron chi connectivity index (χ1n) is 4.71. The third-order valence-electron chi connectivity index (χ3n) is 1.64. The standard InChI is InChI=1S/C8H14N2O.BF4/c1-4-11-7(2)8-9-5-6-10(8)3;2-1(3,4)5/h5-7H,4H2,1-3H3;/q;-1. The van der Waals surface area contributed by atoms with Gasteiger partial charge in [0.05, 0.1) is 0 Å². The molecule has 0 aliphatic rings. The lowest BCUT2D eigenvalue weighted by atomic mass is 10.3. The van der Waals surface area contributed by atoms with Crippen molar-refractivity contribution < 1.29 is 22.0 Å². The minimum absolute atomic E-state index is 0.0972. The Kier molecular flexibility index (Phi) is 6.09. The summed E-state index contributed by atoms with van der Waals surface area (Å²) in [6.45, 7) is 4.72. The highest BCUT2D eigenvalue weighted by Crippen LogP contribution is 2.12. The molecule has 0 saturated carbocycles. The second-order valence-electron chi connectivity index (χ2n) is 2.99. The van der Waals surface area contributed by atoms with Gasteiger partial charge in [0, 0.05) is 26.0 Å². The predicted molar refractivity (Wildman–Crippen MR) is 53.4 cm³/mol. The average Bonchev–Trinajstić information content (AvgIpc) is 2.48. The second kappa shape index (κ2) is 6.52. The van der Waals surface area contributed by atoms with E-state index in [2.05, 4.69) is 4.98 Å². The van der Waals surface area contributed by atoms with Crippen LogP contribution in [0.5, 0.6) is 0 Å². The maximum Gasteiger partial charge on any atom is 0.673 e. The number of nitrogens with zero attached hydrogens (tertiary/aromatic N) is 2. The van der Waals surface area contributed by atoms with Crippen LogP contribution in [0.2, 0.25) is 0 Å². The molecule has 0 N–H and O–H groups in total. The van der Waals surface area contributed by atoms with E-state index in [9.17, 15) is 17.3 Å². The number of ether oxygens (including phenoxy) is 1. The minimum Gasteiger partial charge on any atom is -0.418 e. The molecule has 0 aliphatic heterocycles. The summed E-state index contributed by atoms with van der Waals surface area (Å²) in [5, 5.41) is 0. The number of rotatable bonds is 3. The van der Waals surface area contributed by atoms with E-state index in [1.807, 2.05) is 31.7 Å². The van der Waals surface area contributed by atoms with E-state index in [1.54, 1.807) is 6.20 Å². The van der Waals surface area contributed by atoms with Gasteiger partial charge in [0.15, 0.2) is 0 Å². The van der Waals surface area contributed by atoms with Crippen molar-refractivity contribution in [2.24, 2.45) is 7.05 Å². The van der Waals surface area contributed by atoms with Crippen molar-refractivity contribution in [1.29, 1.82) is 0 Å². The van der Waals surface area contributed by atoms with Crippen LogP contribution in [0.3, 0.4) is 0 Å². The number of hydrogen-bond acceptors (Lipinski definition) is 2. The van der Waals surface area contributed by atoms with Gasteiger partial charge >= 0.3 is 7.25 Å². The molecular formula is C8H14BF4N2O-. The average molecular weight is 241 g/mol. The van der Waals surface area contributed by atoms with Gasteiger partial charge < -0.3 is 26.6 Å². The SMILES string of the molecule is CCOC(C)c1nccn1C.F[B-](F)(F)F. The van der Waals surface area contributed by atoms with Crippen LogP contribution >= 0.6 is 0 Å². The van der Waals surface area contributed by atoms with Crippen molar-refractivity contribution in [3.63, 3.8) is 0 Å². The largest absolute Gasteiger partial charge is 0.673 e. The Morgan fingerprint density at radius 2 is 1.94 bits per heavy atom. The minimum atomic E-state index is -6.00. The van der Waals surface area contributed by atoms with Crippen LogP contribution in [0.25, 0.3) is 0 Å². The molecule has 94 valence electrons. The maximum atomic E-state index is 9.75. The van der Waals surface area contributed by atoms with Crippen molar-refractivity contribution in [2.45, 2.75) is 20.0 Å². The molecule has 0 aliphatic carbocycles. The van der Waals surface area contributed by atoms with Gasteiger partial charge in [0.1, 0.15) is 11.9 Å². The Morgan fingerprint density at radius 1 is 1.44 bits per heavy atom. The lowest BCUT2D eigenvalue weighted by Gasteiger charge is -2.10. The van der Waals surface area contributed by atoms with Crippen LogP contribution in [0.4, 0.5) is 17.3 Å². The lowest BCUT2D eigenvalue weighted by molar-refractivity contribution is 0.0682. The number of hydrogen-bond donors (Lipinski definition) is 0. The van der Waals surface area contributed by atoms with E-state index < -0.39 is 7.25 Å². The molecule has 1 heterocycles. The van der Waals surface area contributed by atoms with Crippen molar-refractivity contribution in [1.82, 2.24) is 9.55 Å². The summed E-state index contributed by atoms with van der Waals surface area (Å²) in [6.07, 6.45) is 3.80. The third kappa shape index (κ3) is 7.27. The first-order valence-corrected chi connectivity index (χ1v) is 4.71. The molecule has 3 nitrogen and oxygen atoms in total. The quantitative estimate of drug-likeness (QED) is 0.600. The van der Waals surface area contributed by atoms with E-state index in [0.29, 0.717) is 0 Å². The molecule has 0 saturated heterocycles. The molecule has 0 amide bonds. The fourth-order valence-corrected chi connectivity index (χ4v) is 1.09. The number of aromatic nitrogens is 2. The van der Waals surface area contributed by atoms with E-state index in [1.165, 1.54) is 0 Å². The molecule has 0 fully saturated rings. The summed E-state index contributed by atoms with van der Waals surface area (Å²) in [4.78, 5) is 4.17. The summed E-state index contributed by atoms with van der Waals surface area (Å²) in [7, 11) is -4.03. The van der Waals surface area contributed by atoms with E-state index >= 15 is 0 Å². The van der Waals surface area contributed by atoms with Crippen molar-refractivity contribution in [2.75, 3.05) is 6.61 Å². The summed E-state index contributed by atoms with van der Waals surface area (Å²) in [5.74, 6) is 0.979. The van der Waals surface area contributed by atoms with Crippen LogP contribution in [0.15, 0.2) is 12.4 Å². The highest BCUT2D eigenvalue weighted by molar-refractivity contribution is 6.50. The molecule has 0 bridgehead atoms. The Bertz CT molecular complexity index is 296. The fourth-order valence-electron chi connectivity index (χ4n) is 1.09. The van der Waals surface area contributed by atoms with Crippen LogP contribution in [-0.2, 0) is 11.8 Å². The Morgan fingerprint density at radius 3 is 2.25 bits per heavy atom. The molecule has 0 aromatic carbocycles. The van der Waals surface area contributed by atoms with Crippen LogP contribution < -0.4 is 0 Å². The van der Waals surface area contributed by atoms with Gasteiger partial charge in [-0.3, -0.25) is 0 Å². The van der Waals surface area contributed by atoms with Crippen LogP contribution in [0.1, 0.15) is 25.8 Å². The number of halogens is 4. The van der Waals surface area contributed by atoms with Gasteiger partial charge in [-0.25, -0.2) is 4.98 Å². The fraction of sp³-hybridized carbons (Fsp3) is 0.625. The molecule has 8 heteroatoms. The highest BCUT2D eigenvalue weighted by Gasteiger charge is 2.20. The van der Waals surface area contributed by atoms with Crippen molar-refractivity contribution >= 4 is 7.25 Å². The Hall–Kier alpha value is -1.05. The highest BCUT2D eigenvalue weighted by atomic mass is 19.5. The second-order valence-corrected chi connectivity index (χ2v) is 2.99. The van der Waals surface area contributed by atoms with Crippen LogP contribution in [-0.4, -0.2) is 23.4 Å². The van der Waals surface area contributed by atoms with Crippen LogP contribution in [0, 0.1) is 0 Å². The summed E-state index contributed by atoms with van der Waals surface area (Å²) < 4.78 is 46.4. The first kappa shape index (κ1) is 15.0. The smallest absolute Gasteiger partial charge is 0.418 e. The van der Waals surface area contributed by atoms with Gasteiger partial charge in [-0.1, -0.05) is 0 Å². The molecule has 1 atom stereocenters. The first-order chi connectivity index (χ1) is 7.25. The number of aryl methyl sites for hydroxylation is 1. The topological polar surface area (TPSA) is 27.1 Å². The maximum absolute atomic E-state index is 9.75.